The maximum absolute atomic E-state index is 12.3. The molecule has 0 fully saturated rings. The Morgan fingerprint density at radius 1 is 1.00 bits per heavy atom. The lowest BCUT2D eigenvalue weighted by Crippen LogP contribution is -2.23. The zero-order chi connectivity index (χ0) is 19.3. The molecule has 8 nitrogen and oxygen atoms in total. The molecule has 8 heteroatoms. The molecular formula is C20H16N4O4. The summed E-state index contributed by atoms with van der Waals surface area (Å²) in [5.74, 6) is 1.44. The molecule has 140 valence electrons. The van der Waals surface area contributed by atoms with E-state index in [-0.39, 0.29) is 18.1 Å². The lowest BCUT2D eigenvalue weighted by atomic mass is 10.2. The van der Waals surface area contributed by atoms with E-state index >= 15 is 0 Å². The van der Waals surface area contributed by atoms with Crippen LogP contribution in [0.1, 0.15) is 16.3 Å². The number of rotatable bonds is 6. The van der Waals surface area contributed by atoms with E-state index in [0.717, 1.165) is 16.9 Å². The maximum Gasteiger partial charge on any atom is 0.273 e. The van der Waals surface area contributed by atoms with Crippen molar-refractivity contribution in [3.05, 3.63) is 72.4 Å². The molecule has 0 unspecified atom stereocenters. The highest BCUT2D eigenvalue weighted by Gasteiger charge is 2.15. The van der Waals surface area contributed by atoms with Crippen LogP contribution in [0.2, 0.25) is 0 Å². The van der Waals surface area contributed by atoms with E-state index in [1.807, 2.05) is 42.5 Å². The van der Waals surface area contributed by atoms with Crippen molar-refractivity contribution in [1.82, 2.24) is 20.4 Å². The second kappa shape index (κ2) is 7.75. The number of hydrogen-bond acceptors (Lipinski definition) is 7. The van der Waals surface area contributed by atoms with Gasteiger partial charge in [0, 0.05) is 11.1 Å². The Bertz CT molecular complexity index is 1070. The summed E-state index contributed by atoms with van der Waals surface area (Å²) in [6.07, 6.45) is 1.32. The number of hydrogen-bond donors (Lipinski definition) is 1. The van der Waals surface area contributed by atoms with Crippen molar-refractivity contribution in [3.8, 4) is 28.7 Å². The Kier molecular flexibility index (Phi) is 4.83. The predicted octanol–water partition coefficient (Wildman–Crippen LogP) is 3.33. The summed E-state index contributed by atoms with van der Waals surface area (Å²) in [5.41, 5.74) is 1.73. The van der Waals surface area contributed by atoms with Crippen LogP contribution in [0.15, 0.2) is 69.8 Å². The van der Waals surface area contributed by atoms with Crippen molar-refractivity contribution in [1.29, 1.82) is 0 Å². The molecule has 28 heavy (non-hydrogen) atoms. The predicted molar refractivity (Wildman–Crippen MR) is 99.4 cm³/mol. The highest BCUT2D eigenvalue weighted by Crippen LogP contribution is 2.21. The topological polar surface area (TPSA) is 103 Å². The smallest absolute Gasteiger partial charge is 0.273 e. The molecule has 1 N–H and O–H groups in total. The molecule has 0 saturated heterocycles. The van der Waals surface area contributed by atoms with Gasteiger partial charge in [0.05, 0.1) is 13.7 Å². The van der Waals surface area contributed by atoms with Crippen molar-refractivity contribution in [3.63, 3.8) is 0 Å². The second-order valence-corrected chi connectivity index (χ2v) is 5.83. The monoisotopic (exact) mass is 376 g/mol. The summed E-state index contributed by atoms with van der Waals surface area (Å²) >= 11 is 0. The number of carbonyl (C=O) groups excluding carboxylic acids is 1. The van der Waals surface area contributed by atoms with Crippen molar-refractivity contribution in [2.24, 2.45) is 0 Å². The SMILES string of the molecule is COc1ccc(-c2nc(CNC(=O)c3coc(-c4ccccc4)n3)no2)cc1. The molecule has 1 amide bonds. The van der Waals surface area contributed by atoms with E-state index in [0.29, 0.717) is 17.6 Å². The van der Waals surface area contributed by atoms with Gasteiger partial charge in [-0.3, -0.25) is 4.79 Å². The fourth-order valence-electron chi connectivity index (χ4n) is 2.52. The van der Waals surface area contributed by atoms with Crippen LogP contribution in [-0.2, 0) is 6.54 Å². The summed E-state index contributed by atoms with van der Waals surface area (Å²) < 4.78 is 15.7. The Balaban J connectivity index is 1.39. The van der Waals surface area contributed by atoms with Gasteiger partial charge in [-0.2, -0.15) is 4.98 Å². The molecular weight excluding hydrogens is 360 g/mol. The Morgan fingerprint density at radius 3 is 2.50 bits per heavy atom. The lowest BCUT2D eigenvalue weighted by molar-refractivity contribution is 0.0944. The zero-order valence-corrected chi connectivity index (χ0v) is 15.0. The third-order valence-electron chi connectivity index (χ3n) is 3.97. The molecule has 0 saturated carbocycles. The average Bonchev–Trinajstić information content (AvgIpc) is 3.43. The van der Waals surface area contributed by atoms with Gasteiger partial charge in [-0.05, 0) is 36.4 Å². The van der Waals surface area contributed by atoms with Gasteiger partial charge in [0.25, 0.3) is 11.8 Å². The van der Waals surface area contributed by atoms with E-state index in [9.17, 15) is 4.79 Å². The van der Waals surface area contributed by atoms with Gasteiger partial charge in [-0.25, -0.2) is 4.98 Å². The molecule has 4 aromatic rings. The molecule has 0 aliphatic carbocycles. The molecule has 2 heterocycles. The first kappa shape index (κ1) is 17.5. The first-order valence-corrected chi connectivity index (χ1v) is 8.49. The van der Waals surface area contributed by atoms with E-state index in [1.165, 1.54) is 6.26 Å². The first-order chi connectivity index (χ1) is 13.7. The summed E-state index contributed by atoms with van der Waals surface area (Å²) in [5, 5.41) is 6.57. The zero-order valence-electron chi connectivity index (χ0n) is 15.0. The van der Waals surface area contributed by atoms with Gasteiger partial charge < -0.3 is 19.0 Å². The van der Waals surface area contributed by atoms with Crippen LogP contribution in [0.25, 0.3) is 22.9 Å². The van der Waals surface area contributed by atoms with E-state index in [2.05, 4.69) is 20.4 Å². The number of oxazole rings is 1. The Labute approximate surface area is 160 Å². The minimum Gasteiger partial charge on any atom is -0.497 e. The molecule has 2 aromatic heterocycles. The lowest BCUT2D eigenvalue weighted by Gasteiger charge is -1.99. The highest BCUT2D eigenvalue weighted by molar-refractivity contribution is 5.92. The summed E-state index contributed by atoms with van der Waals surface area (Å²) in [6, 6.07) is 16.6. The van der Waals surface area contributed by atoms with E-state index < -0.39 is 0 Å². The molecule has 0 aliphatic heterocycles. The maximum atomic E-state index is 12.3. The molecule has 0 bridgehead atoms. The third kappa shape index (κ3) is 3.75. The van der Waals surface area contributed by atoms with Crippen LogP contribution in [-0.4, -0.2) is 28.1 Å². The minimum absolute atomic E-state index is 0.103. The minimum atomic E-state index is -0.387. The molecule has 2 aromatic carbocycles. The third-order valence-corrected chi connectivity index (χ3v) is 3.97. The van der Waals surface area contributed by atoms with Crippen molar-refractivity contribution >= 4 is 5.91 Å². The molecule has 0 radical (unpaired) electrons. The first-order valence-electron chi connectivity index (χ1n) is 8.49. The molecule has 0 atom stereocenters. The van der Waals surface area contributed by atoms with Crippen molar-refractivity contribution in [2.75, 3.05) is 7.11 Å². The van der Waals surface area contributed by atoms with Crippen LogP contribution in [0.4, 0.5) is 0 Å². The second-order valence-electron chi connectivity index (χ2n) is 5.83. The highest BCUT2D eigenvalue weighted by atomic mass is 16.5. The van der Waals surface area contributed by atoms with Crippen LogP contribution in [0.5, 0.6) is 5.75 Å². The van der Waals surface area contributed by atoms with Crippen molar-refractivity contribution < 1.29 is 18.5 Å². The number of nitrogens with one attached hydrogen (secondary N) is 1. The van der Waals surface area contributed by atoms with Gasteiger partial charge in [0.2, 0.25) is 5.89 Å². The Hall–Kier alpha value is -3.94. The molecule has 4 rings (SSSR count). The van der Waals surface area contributed by atoms with Gasteiger partial charge in [-0.1, -0.05) is 23.4 Å². The quantitative estimate of drug-likeness (QED) is 0.550. The van der Waals surface area contributed by atoms with E-state index in [1.54, 1.807) is 19.2 Å². The summed E-state index contributed by atoms with van der Waals surface area (Å²) in [6.45, 7) is 0.103. The number of methoxy groups -OCH3 is 1. The number of benzene rings is 2. The molecule has 0 spiro atoms. The fourth-order valence-corrected chi connectivity index (χ4v) is 2.52. The Morgan fingerprint density at radius 2 is 1.75 bits per heavy atom. The number of nitrogens with zero attached hydrogens (tertiary/aromatic N) is 3. The van der Waals surface area contributed by atoms with Crippen LogP contribution in [0, 0.1) is 0 Å². The van der Waals surface area contributed by atoms with Gasteiger partial charge in [0.15, 0.2) is 11.5 Å². The standard InChI is InChI=1S/C20H16N4O4/c1-26-15-9-7-14(8-10-15)20-23-17(24-28-20)11-21-18(25)16-12-27-19(22-16)13-5-3-2-4-6-13/h2-10,12H,11H2,1H3,(H,21,25). The largest absolute Gasteiger partial charge is 0.497 e. The van der Waals surface area contributed by atoms with Crippen LogP contribution < -0.4 is 10.1 Å². The van der Waals surface area contributed by atoms with Gasteiger partial charge in [0.1, 0.15) is 12.0 Å². The van der Waals surface area contributed by atoms with Crippen LogP contribution >= 0.6 is 0 Å². The summed E-state index contributed by atoms with van der Waals surface area (Å²) in [7, 11) is 1.60. The average molecular weight is 376 g/mol. The number of ether oxygens (including phenoxy) is 1. The fraction of sp³-hybridized carbons (Fsp3) is 0.100. The van der Waals surface area contributed by atoms with Gasteiger partial charge >= 0.3 is 0 Å². The number of aromatic nitrogens is 3. The number of carbonyl (C=O) groups is 1. The number of amides is 1. The van der Waals surface area contributed by atoms with Gasteiger partial charge in [-0.15, -0.1) is 0 Å². The van der Waals surface area contributed by atoms with Crippen LogP contribution in [0.3, 0.4) is 0 Å². The normalized spacial score (nSPS) is 10.6. The molecule has 0 aliphatic rings. The summed E-state index contributed by atoms with van der Waals surface area (Å²) in [4.78, 5) is 20.8. The van der Waals surface area contributed by atoms with Crippen molar-refractivity contribution in [2.45, 2.75) is 6.54 Å². The van der Waals surface area contributed by atoms with E-state index in [4.69, 9.17) is 13.7 Å².